The zero-order valence-corrected chi connectivity index (χ0v) is 9.74. The molecule has 0 aromatic carbocycles. The number of nitrogens with one attached hydrogen (secondary N) is 1. The Hall–Kier alpha value is -0.510. The van der Waals surface area contributed by atoms with Crippen LogP contribution in [0.1, 0.15) is 46.3 Å². The van der Waals surface area contributed by atoms with E-state index in [1.54, 1.807) is 0 Å². The van der Waals surface area contributed by atoms with E-state index in [9.17, 15) is 0 Å². The summed E-state index contributed by atoms with van der Waals surface area (Å²) in [6, 6.07) is 0. The second-order valence-electron chi connectivity index (χ2n) is 4.83. The number of rotatable bonds is 1. The van der Waals surface area contributed by atoms with Gasteiger partial charge in [-0.2, -0.15) is 12.6 Å². The van der Waals surface area contributed by atoms with Crippen molar-refractivity contribution in [3.63, 3.8) is 0 Å². The van der Waals surface area contributed by atoms with Crippen molar-refractivity contribution in [2.75, 3.05) is 0 Å². The molecule has 4 heteroatoms. The van der Waals surface area contributed by atoms with Crippen LogP contribution in [0.25, 0.3) is 0 Å². The maximum absolute atomic E-state index is 4.42. The molecule has 1 heterocycles. The third-order valence-corrected chi connectivity index (χ3v) is 1.99. The highest BCUT2D eigenvalue weighted by molar-refractivity contribution is 7.81. The molecule has 0 fully saturated rings. The smallest absolute Gasteiger partial charge is 0.145 e. The average Bonchev–Trinajstić information content (AvgIpc) is 2.28. The Balaban J connectivity index is 3.01. The van der Waals surface area contributed by atoms with Gasteiger partial charge in [-0.3, -0.25) is 0 Å². The Bertz CT molecular complexity index is 262. The summed E-state index contributed by atoms with van der Waals surface area (Å²) in [7, 11) is 0. The summed E-state index contributed by atoms with van der Waals surface area (Å²) in [5.74, 6) is 1.73. The third-order valence-electron chi connectivity index (χ3n) is 1.78. The van der Waals surface area contributed by atoms with Gasteiger partial charge in [0.25, 0.3) is 0 Å². The maximum Gasteiger partial charge on any atom is 0.145 e. The first-order chi connectivity index (χ1) is 5.71. The molecule has 3 nitrogen and oxygen atoms in total. The van der Waals surface area contributed by atoms with Crippen LogP contribution in [0.15, 0.2) is 0 Å². The number of H-pyrrole nitrogens is 1. The zero-order chi connectivity index (χ0) is 10.3. The Morgan fingerprint density at radius 2 is 1.46 bits per heavy atom. The fourth-order valence-corrected chi connectivity index (χ4v) is 0.976. The molecule has 0 aliphatic carbocycles. The van der Waals surface area contributed by atoms with E-state index in [0.717, 1.165) is 11.6 Å². The van der Waals surface area contributed by atoms with Crippen LogP contribution >= 0.6 is 12.6 Å². The zero-order valence-electron chi connectivity index (χ0n) is 8.84. The van der Waals surface area contributed by atoms with Crippen LogP contribution in [0, 0.1) is 0 Å². The van der Waals surface area contributed by atoms with E-state index < -0.39 is 0 Å². The fraction of sp³-hybridized carbons (Fsp3) is 0.778. The number of aromatic nitrogens is 3. The van der Waals surface area contributed by atoms with Gasteiger partial charge in [-0.25, -0.2) is 0 Å². The van der Waals surface area contributed by atoms with Crippen LogP contribution in [0.2, 0.25) is 0 Å². The van der Waals surface area contributed by atoms with Crippen molar-refractivity contribution in [1.29, 1.82) is 0 Å². The van der Waals surface area contributed by atoms with E-state index in [1.807, 2.05) is 13.8 Å². The predicted octanol–water partition coefficient (Wildman–Crippen LogP) is 2.27. The van der Waals surface area contributed by atoms with Gasteiger partial charge in [-0.15, -0.1) is 10.2 Å². The van der Waals surface area contributed by atoms with Crippen molar-refractivity contribution in [3.8, 4) is 0 Å². The topological polar surface area (TPSA) is 41.6 Å². The molecule has 13 heavy (non-hydrogen) atoms. The summed E-state index contributed by atoms with van der Waals surface area (Å²) in [6.07, 6.45) is 0. The lowest BCUT2D eigenvalue weighted by atomic mass is 9.96. The Kier molecular flexibility index (Phi) is 2.45. The summed E-state index contributed by atoms with van der Waals surface area (Å²) in [4.78, 5) is 3.19. The summed E-state index contributed by atoms with van der Waals surface area (Å²) in [5, 5.41) is 8.17. The lowest BCUT2D eigenvalue weighted by Crippen LogP contribution is -2.15. The molecular formula is C9H17N3S. The largest absolute Gasteiger partial charge is 0.327 e. The molecule has 0 aliphatic heterocycles. The van der Waals surface area contributed by atoms with Crippen LogP contribution in [-0.4, -0.2) is 15.2 Å². The van der Waals surface area contributed by atoms with Crippen LogP contribution in [-0.2, 0) is 10.2 Å². The molecule has 0 radical (unpaired) electrons. The van der Waals surface area contributed by atoms with Crippen molar-refractivity contribution in [2.45, 2.75) is 44.8 Å². The highest BCUT2D eigenvalue weighted by Gasteiger charge is 2.24. The number of nitrogens with zero attached hydrogens (tertiary/aromatic N) is 2. The van der Waals surface area contributed by atoms with Gasteiger partial charge in [0.15, 0.2) is 0 Å². The molecule has 1 rings (SSSR count). The van der Waals surface area contributed by atoms with E-state index in [0.29, 0.717) is 0 Å². The molecule has 0 spiro atoms. The van der Waals surface area contributed by atoms with Crippen molar-refractivity contribution >= 4 is 12.6 Å². The van der Waals surface area contributed by atoms with Crippen molar-refractivity contribution in [3.05, 3.63) is 11.6 Å². The van der Waals surface area contributed by atoms with Gasteiger partial charge in [-0.1, -0.05) is 20.8 Å². The number of aromatic amines is 1. The molecule has 0 saturated heterocycles. The number of hydrogen-bond donors (Lipinski definition) is 2. The lowest BCUT2D eigenvalue weighted by molar-refractivity contribution is 0.547. The highest BCUT2D eigenvalue weighted by atomic mass is 32.1. The minimum Gasteiger partial charge on any atom is -0.327 e. The van der Waals surface area contributed by atoms with E-state index >= 15 is 0 Å². The van der Waals surface area contributed by atoms with Gasteiger partial charge in [0.05, 0.1) is 4.75 Å². The molecule has 0 aliphatic rings. The predicted molar refractivity (Wildman–Crippen MR) is 57.1 cm³/mol. The van der Waals surface area contributed by atoms with Crippen molar-refractivity contribution in [2.24, 2.45) is 0 Å². The highest BCUT2D eigenvalue weighted by Crippen LogP contribution is 2.25. The second-order valence-corrected chi connectivity index (χ2v) is 5.95. The molecule has 0 unspecified atom stereocenters. The van der Waals surface area contributed by atoms with Gasteiger partial charge in [-0.05, 0) is 13.8 Å². The van der Waals surface area contributed by atoms with Crippen LogP contribution < -0.4 is 0 Å². The van der Waals surface area contributed by atoms with Crippen molar-refractivity contribution < 1.29 is 0 Å². The quantitative estimate of drug-likeness (QED) is 0.681. The van der Waals surface area contributed by atoms with E-state index in [1.165, 1.54) is 0 Å². The molecular weight excluding hydrogens is 182 g/mol. The van der Waals surface area contributed by atoms with E-state index in [4.69, 9.17) is 0 Å². The molecule has 0 saturated carbocycles. The third kappa shape index (κ3) is 2.46. The molecule has 0 atom stereocenters. The minimum absolute atomic E-state index is 0.0181. The normalized spacial score (nSPS) is 13.4. The number of hydrogen-bond acceptors (Lipinski definition) is 3. The SMILES string of the molecule is CC(C)(C)c1nnc(C(C)(C)S)[nH]1. The molecule has 1 aromatic heterocycles. The maximum atomic E-state index is 4.42. The molecule has 74 valence electrons. The monoisotopic (exact) mass is 199 g/mol. The standard InChI is InChI=1S/C9H17N3S/c1-8(2,3)6-10-7(12-11-6)9(4,5)13/h13H,1-5H3,(H,10,11,12). The first-order valence-electron chi connectivity index (χ1n) is 4.37. The van der Waals surface area contributed by atoms with Gasteiger partial charge in [0.1, 0.15) is 11.6 Å². The molecule has 0 amide bonds. The van der Waals surface area contributed by atoms with Gasteiger partial charge >= 0.3 is 0 Å². The van der Waals surface area contributed by atoms with Gasteiger partial charge in [0, 0.05) is 5.41 Å². The lowest BCUT2D eigenvalue weighted by Gasteiger charge is -2.15. The Morgan fingerprint density at radius 1 is 1.00 bits per heavy atom. The van der Waals surface area contributed by atoms with Crippen LogP contribution in [0.5, 0.6) is 0 Å². The average molecular weight is 199 g/mol. The summed E-state index contributed by atoms with van der Waals surface area (Å²) < 4.78 is -0.253. The van der Waals surface area contributed by atoms with Crippen LogP contribution in [0.3, 0.4) is 0 Å². The summed E-state index contributed by atoms with van der Waals surface area (Å²) in [5.41, 5.74) is 0.0181. The van der Waals surface area contributed by atoms with Gasteiger partial charge < -0.3 is 4.98 Å². The first-order valence-corrected chi connectivity index (χ1v) is 4.82. The minimum atomic E-state index is -0.253. The van der Waals surface area contributed by atoms with Crippen LogP contribution in [0.4, 0.5) is 0 Å². The molecule has 1 N–H and O–H groups in total. The summed E-state index contributed by atoms with van der Waals surface area (Å²) in [6.45, 7) is 10.3. The Labute approximate surface area is 84.8 Å². The fourth-order valence-electron chi connectivity index (χ4n) is 0.875. The van der Waals surface area contributed by atoms with E-state index in [2.05, 4.69) is 48.6 Å². The Morgan fingerprint density at radius 3 is 1.69 bits per heavy atom. The molecule has 1 aromatic rings. The summed E-state index contributed by atoms with van der Waals surface area (Å²) >= 11 is 4.42. The van der Waals surface area contributed by atoms with E-state index in [-0.39, 0.29) is 10.2 Å². The van der Waals surface area contributed by atoms with Gasteiger partial charge in [0.2, 0.25) is 0 Å². The molecule has 0 bridgehead atoms. The van der Waals surface area contributed by atoms with Crippen molar-refractivity contribution in [1.82, 2.24) is 15.2 Å². The second kappa shape index (κ2) is 3.01. The number of thiol groups is 1. The first kappa shape index (κ1) is 10.6.